The van der Waals surface area contributed by atoms with Crippen molar-refractivity contribution in [2.45, 2.75) is 39.5 Å². The lowest BCUT2D eigenvalue weighted by Crippen LogP contribution is -2.22. The van der Waals surface area contributed by atoms with E-state index >= 15 is 0 Å². The summed E-state index contributed by atoms with van der Waals surface area (Å²) in [7, 11) is 0. The van der Waals surface area contributed by atoms with E-state index in [1.54, 1.807) is 6.07 Å². The fraction of sp³-hybridized carbons (Fsp3) is 0.583. The van der Waals surface area contributed by atoms with E-state index in [9.17, 15) is 4.79 Å². The van der Waals surface area contributed by atoms with Crippen molar-refractivity contribution in [3.63, 3.8) is 0 Å². The van der Waals surface area contributed by atoms with Crippen LogP contribution in [-0.4, -0.2) is 21.8 Å². The maximum atomic E-state index is 11.7. The van der Waals surface area contributed by atoms with Gasteiger partial charge in [0, 0.05) is 11.4 Å². The van der Waals surface area contributed by atoms with E-state index in [2.05, 4.69) is 27.6 Å². The summed E-state index contributed by atoms with van der Waals surface area (Å²) in [5.74, 6) is 0.423. The highest BCUT2D eigenvalue weighted by Crippen LogP contribution is 2.20. The van der Waals surface area contributed by atoms with Crippen LogP contribution in [0, 0.1) is 12.8 Å². The van der Waals surface area contributed by atoms with Gasteiger partial charge in [0.15, 0.2) is 5.69 Å². The SMILES string of the molecule is Cc1cc(C(=O)N/N=C2\CCC[C@@H](C)C2)n[nH]1. The fourth-order valence-corrected chi connectivity index (χ4v) is 2.08. The third kappa shape index (κ3) is 3.15. The molecule has 0 saturated heterocycles. The predicted octanol–water partition coefficient (Wildman–Crippen LogP) is 2.01. The Morgan fingerprint density at radius 2 is 2.47 bits per heavy atom. The lowest BCUT2D eigenvalue weighted by Gasteiger charge is -2.18. The van der Waals surface area contributed by atoms with Crippen molar-refractivity contribution in [2.75, 3.05) is 0 Å². The predicted molar refractivity (Wildman–Crippen MR) is 65.9 cm³/mol. The second-order valence-electron chi connectivity index (χ2n) is 4.76. The Morgan fingerprint density at radius 1 is 1.65 bits per heavy atom. The lowest BCUT2D eigenvalue weighted by molar-refractivity contribution is 0.0949. The molecular formula is C12H18N4O. The Kier molecular flexibility index (Phi) is 3.56. The molecule has 1 saturated carbocycles. The number of carbonyl (C=O) groups is 1. The van der Waals surface area contributed by atoms with E-state index in [0.717, 1.165) is 30.7 Å². The summed E-state index contributed by atoms with van der Waals surface area (Å²) in [6.45, 7) is 4.08. The number of carbonyl (C=O) groups excluding carboxylic acids is 1. The standard InChI is InChI=1S/C12H18N4O/c1-8-4-3-5-10(6-8)14-16-12(17)11-7-9(2)13-15-11/h7-8H,3-6H2,1-2H3,(H,13,15)(H,16,17)/b14-10+/t8-/m1/s1. The van der Waals surface area contributed by atoms with Crippen LogP contribution in [0.15, 0.2) is 11.2 Å². The summed E-state index contributed by atoms with van der Waals surface area (Å²) in [5, 5.41) is 10.8. The maximum absolute atomic E-state index is 11.7. The van der Waals surface area contributed by atoms with Crippen molar-refractivity contribution in [1.29, 1.82) is 0 Å². The molecule has 1 aliphatic rings. The van der Waals surface area contributed by atoms with Gasteiger partial charge in [0.1, 0.15) is 0 Å². The first kappa shape index (κ1) is 11.8. The smallest absolute Gasteiger partial charge is 0.282 e. The highest BCUT2D eigenvalue weighted by molar-refractivity contribution is 5.94. The van der Waals surface area contributed by atoms with E-state index in [1.807, 2.05) is 6.92 Å². The van der Waals surface area contributed by atoms with Crippen molar-refractivity contribution in [2.24, 2.45) is 11.0 Å². The average molecular weight is 234 g/mol. The molecule has 1 aromatic rings. The van der Waals surface area contributed by atoms with Gasteiger partial charge in [-0.15, -0.1) is 0 Å². The quantitative estimate of drug-likeness (QED) is 0.768. The third-order valence-electron chi connectivity index (χ3n) is 3.00. The second-order valence-corrected chi connectivity index (χ2v) is 4.76. The van der Waals surface area contributed by atoms with Crippen molar-refractivity contribution in [3.8, 4) is 0 Å². The van der Waals surface area contributed by atoms with Crippen LogP contribution in [0.4, 0.5) is 0 Å². The Morgan fingerprint density at radius 3 is 3.12 bits per heavy atom. The minimum absolute atomic E-state index is 0.250. The van der Waals surface area contributed by atoms with Gasteiger partial charge in [-0.05, 0) is 44.6 Å². The van der Waals surface area contributed by atoms with Gasteiger partial charge in [0.05, 0.1) is 0 Å². The second kappa shape index (κ2) is 5.12. The Balaban J connectivity index is 1.93. The van der Waals surface area contributed by atoms with E-state index in [0.29, 0.717) is 11.6 Å². The molecule has 1 aromatic heterocycles. The number of aromatic nitrogens is 2. The summed E-state index contributed by atoms with van der Waals surface area (Å²) < 4.78 is 0. The fourth-order valence-electron chi connectivity index (χ4n) is 2.08. The Bertz CT molecular complexity index is 435. The summed E-state index contributed by atoms with van der Waals surface area (Å²) in [6.07, 6.45) is 4.40. The van der Waals surface area contributed by atoms with Crippen LogP contribution in [0.25, 0.3) is 0 Å². The number of aryl methyl sites for hydroxylation is 1. The number of hydrogen-bond acceptors (Lipinski definition) is 3. The molecule has 2 N–H and O–H groups in total. The Labute approximate surface area is 101 Å². The van der Waals surface area contributed by atoms with Gasteiger partial charge >= 0.3 is 0 Å². The largest absolute Gasteiger partial charge is 0.291 e. The molecule has 0 unspecified atom stereocenters. The van der Waals surface area contributed by atoms with Crippen LogP contribution in [-0.2, 0) is 0 Å². The number of aromatic amines is 1. The molecule has 0 aromatic carbocycles. The summed E-state index contributed by atoms with van der Waals surface area (Å²) in [6, 6.07) is 1.71. The van der Waals surface area contributed by atoms with E-state index in [-0.39, 0.29) is 5.91 Å². The molecule has 1 fully saturated rings. The van der Waals surface area contributed by atoms with Gasteiger partial charge in [-0.1, -0.05) is 6.92 Å². The normalized spacial score (nSPS) is 22.7. The molecule has 5 heteroatoms. The minimum Gasteiger partial charge on any atom is -0.282 e. The first-order valence-electron chi connectivity index (χ1n) is 6.03. The molecule has 1 amide bonds. The van der Waals surface area contributed by atoms with Crippen LogP contribution >= 0.6 is 0 Å². The molecule has 1 atom stereocenters. The molecule has 1 aliphatic carbocycles. The summed E-state index contributed by atoms with van der Waals surface area (Å²) >= 11 is 0. The van der Waals surface area contributed by atoms with Crippen LogP contribution in [0.1, 0.15) is 48.8 Å². The zero-order valence-corrected chi connectivity index (χ0v) is 10.3. The molecule has 0 aliphatic heterocycles. The topological polar surface area (TPSA) is 70.1 Å². The van der Waals surface area contributed by atoms with E-state index < -0.39 is 0 Å². The van der Waals surface area contributed by atoms with Gasteiger partial charge in [0.2, 0.25) is 0 Å². The van der Waals surface area contributed by atoms with Crippen LogP contribution in [0.3, 0.4) is 0 Å². The molecule has 5 nitrogen and oxygen atoms in total. The first-order valence-corrected chi connectivity index (χ1v) is 6.03. The first-order chi connectivity index (χ1) is 8.15. The Hall–Kier alpha value is -1.65. The zero-order valence-electron chi connectivity index (χ0n) is 10.3. The number of nitrogens with zero attached hydrogens (tertiary/aromatic N) is 2. The molecule has 2 rings (SSSR count). The number of hydrogen-bond donors (Lipinski definition) is 2. The van der Waals surface area contributed by atoms with Crippen molar-refractivity contribution in [3.05, 3.63) is 17.5 Å². The van der Waals surface area contributed by atoms with Gasteiger partial charge in [0.25, 0.3) is 5.91 Å². The van der Waals surface area contributed by atoms with Gasteiger partial charge < -0.3 is 0 Å². The molecule has 0 bridgehead atoms. The molecule has 0 spiro atoms. The number of amides is 1. The number of nitrogens with one attached hydrogen (secondary N) is 2. The number of hydrazone groups is 1. The van der Waals surface area contributed by atoms with Crippen molar-refractivity contribution < 1.29 is 4.79 Å². The highest BCUT2D eigenvalue weighted by atomic mass is 16.2. The molecule has 0 radical (unpaired) electrons. The van der Waals surface area contributed by atoms with E-state index in [4.69, 9.17) is 0 Å². The summed E-state index contributed by atoms with van der Waals surface area (Å²) in [4.78, 5) is 11.7. The molecule has 1 heterocycles. The van der Waals surface area contributed by atoms with Gasteiger partial charge in [-0.2, -0.15) is 10.2 Å². The zero-order chi connectivity index (χ0) is 12.3. The third-order valence-corrected chi connectivity index (χ3v) is 3.00. The highest BCUT2D eigenvalue weighted by Gasteiger charge is 2.15. The maximum Gasteiger partial charge on any atom is 0.291 e. The number of H-pyrrole nitrogens is 1. The monoisotopic (exact) mass is 234 g/mol. The molecule has 92 valence electrons. The molecule has 17 heavy (non-hydrogen) atoms. The molecular weight excluding hydrogens is 216 g/mol. The van der Waals surface area contributed by atoms with Crippen LogP contribution in [0.2, 0.25) is 0 Å². The van der Waals surface area contributed by atoms with Crippen LogP contribution < -0.4 is 5.43 Å². The minimum atomic E-state index is -0.250. The van der Waals surface area contributed by atoms with E-state index in [1.165, 1.54) is 6.42 Å². The van der Waals surface area contributed by atoms with Crippen molar-refractivity contribution in [1.82, 2.24) is 15.6 Å². The van der Waals surface area contributed by atoms with Gasteiger partial charge in [-0.25, -0.2) is 5.43 Å². The van der Waals surface area contributed by atoms with Crippen LogP contribution in [0.5, 0.6) is 0 Å². The van der Waals surface area contributed by atoms with Crippen molar-refractivity contribution >= 4 is 11.6 Å². The summed E-state index contributed by atoms with van der Waals surface area (Å²) in [5.41, 5.74) is 4.91. The lowest BCUT2D eigenvalue weighted by atomic mass is 9.89. The average Bonchev–Trinajstić information content (AvgIpc) is 2.73. The van der Waals surface area contributed by atoms with Gasteiger partial charge in [-0.3, -0.25) is 9.89 Å². The number of rotatable bonds is 2.